The summed E-state index contributed by atoms with van der Waals surface area (Å²) in [7, 11) is 0. The molecular formula is C46H57IN10O18S2. The van der Waals surface area contributed by atoms with E-state index < -0.39 is 42.1 Å². The topological polar surface area (TPSA) is 539 Å². The number of alkyl halides is 1. The third-order valence-corrected chi connectivity index (χ3v) is 8.92. The molecule has 1 unspecified atom stereocenters. The number of carbonyl (C=O) groups is 5. The van der Waals surface area contributed by atoms with Crippen LogP contribution in [0.1, 0.15) is 51.8 Å². The predicted octanol–water partition coefficient (Wildman–Crippen LogP) is 2.75. The number of carboxylic acid groups (broad SMARTS) is 5. The number of aromatic carboxylic acids is 5. The lowest BCUT2D eigenvalue weighted by Crippen LogP contribution is -2.42. The molecule has 0 bridgehead atoms. The fourth-order valence-electron chi connectivity index (χ4n) is 5.04. The number of nitrogens with zero attached hydrogens (tertiary/aromatic N) is 2. The average Bonchev–Trinajstić information content (AvgIpc) is 3.34. The summed E-state index contributed by atoms with van der Waals surface area (Å²) in [6.45, 7) is 1.17. The van der Waals surface area contributed by atoms with Gasteiger partial charge in [-0.1, -0.05) is 34.4 Å². The normalized spacial score (nSPS) is 11.9. The second-order valence-corrected chi connectivity index (χ2v) is 15.7. The van der Waals surface area contributed by atoms with Crippen molar-refractivity contribution in [3.63, 3.8) is 0 Å². The molecule has 1 aliphatic heterocycles. The first-order chi connectivity index (χ1) is 36.0. The molecule has 77 heavy (non-hydrogen) atoms. The second kappa shape index (κ2) is 35.6. The van der Waals surface area contributed by atoms with Crippen LogP contribution in [-0.4, -0.2) is 162 Å². The van der Waals surface area contributed by atoms with Crippen LogP contribution in [0.2, 0.25) is 0 Å². The number of nitrogens with two attached hydrogens (primary N) is 5. The highest BCUT2D eigenvalue weighted by atomic mass is 127. The smallest absolute Gasteiger partial charge is 0.335 e. The number of aliphatic imine (C=N–C) groups is 2. The number of nitrogen functional groups attached to an aromatic ring is 1. The van der Waals surface area contributed by atoms with Crippen molar-refractivity contribution < 1.29 is 90.4 Å². The van der Waals surface area contributed by atoms with Gasteiger partial charge in [-0.05, 0) is 84.1 Å². The fraction of sp³-hybridized carbons (Fsp3) is 0.174. The van der Waals surface area contributed by atoms with Gasteiger partial charge in [0.1, 0.15) is 34.5 Å². The van der Waals surface area contributed by atoms with Crippen molar-refractivity contribution in [2.45, 2.75) is 12.2 Å². The van der Waals surface area contributed by atoms with Gasteiger partial charge in [0.2, 0.25) is 0 Å². The Kier molecular flexibility index (Phi) is 31.6. The molecule has 0 amide bonds. The minimum Gasteiger partial charge on any atom is -0.508 e. The number of halogens is 1. The van der Waals surface area contributed by atoms with Crippen molar-refractivity contribution in [1.29, 1.82) is 0 Å². The minimum absolute atomic E-state index is 0.00642. The number of aromatic hydroxyl groups is 6. The molecule has 0 saturated carbocycles. The number of hydrogen-bond acceptors (Lipinski definition) is 22. The Bertz CT molecular complexity index is 2760. The van der Waals surface area contributed by atoms with E-state index in [1.54, 1.807) is 6.26 Å². The molecule has 1 aliphatic rings. The summed E-state index contributed by atoms with van der Waals surface area (Å²) in [5.74, 6) is -6.35. The van der Waals surface area contributed by atoms with Gasteiger partial charge in [-0.15, -0.1) is 0 Å². The van der Waals surface area contributed by atoms with Gasteiger partial charge in [0, 0.05) is 67.0 Å². The van der Waals surface area contributed by atoms with Crippen molar-refractivity contribution in [3.8, 4) is 34.5 Å². The maximum Gasteiger partial charge on any atom is 0.335 e. The van der Waals surface area contributed by atoms with Crippen LogP contribution in [0, 0.1) is 0 Å². The van der Waals surface area contributed by atoms with E-state index in [1.807, 2.05) is 4.93 Å². The number of anilines is 3. The van der Waals surface area contributed by atoms with Gasteiger partial charge in [-0.2, -0.15) is 0 Å². The monoisotopic (exact) mass is 1230 g/mol. The number of thiocarbonyl (C=S) groups is 1. The van der Waals surface area contributed by atoms with E-state index in [1.165, 1.54) is 60.3 Å². The number of β-amino-alcohol motifs (C(OH)–C–C–N with tert-alkyl or cyclic N) is 1. The van der Waals surface area contributed by atoms with Gasteiger partial charge in [0.05, 0.1) is 52.3 Å². The van der Waals surface area contributed by atoms with E-state index in [0.717, 1.165) is 42.5 Å². The number of benzene rings is 5. The van der Waals surface area contributed by atoms with Crippen LogP contribution in [0.25, 0.3) is 0 Å². The van der Waals surface area contributed by atoms with Gasteiger partial charge < -0.3 is 111 Å². The highest BCUT2D eigenvalue weighted by Crippen LogP contribution is 2.24. The van der Waals surface area contributed by atoms with Crippen molar-refractivity contribution in [1.82, 2.24) is 5.32 Å². The van der Waals surface area contributed by atoms with Crippen LogP contribution in [0.4, 0.5) is 22.7 Å². The Morgan fingerprint density at radius 1 is 0.649 bits per heavy atom. The number of rotatable bonds is 10. The summed E-state index contributed by atoms with van der Waals surface area (Å²) in [6.07, 6.45) is 0.721. The fourth-order valence-corrected chi connectivity index (χ4v) is 5.35. The summed E-state index contributed by atoms with van der Waals surface area (Å²) in [6, 6.07) is 18.4. The summed E-state index contributed by atoms with van der Waals surface area (Å²) in [5.41, 5.74) is 26.9. The number of phenols is 6. The first-order valence-corrected chi connectivity index (χ1v) is 24.8. The lowest BCUT2D eigenvalue weighted by molar-refractivity contribution is 0.0685. The standard InChI is InChI=1S/C11H13N3O4.C9H10N2O3S.C8H8N2O3S.C7H7NO3.C7H6O4.C3H10N2O.CH3I/c15-8-2-6(10(17)18)1-7(3-8)14-11-12-4-9(16)5-13-11;1-15-9(10)11-6-2-5(8(13)14)3-7(12)4-6;9-8(14)10-5-1-4(7(12)13)2-6(11)3-5;2*8-5-1-4(7(10)11)2-6(9)3-5;4-1-3(6)2-5;1-2/h1-3,9,15-16H,4-5H2,(H,17,18)(H2,12,13,14);2-4,12H,1H3,(H2,10,11)(H,13,14);1-3,11H,(H,12,13)(H3,9,10,14);1-3,9H,8H2,(H,10,11);1-3,8-9H,(H,10,11);3,6H,1-2,4-5H2;1H3. The Labute approximate surface area is 461 Å². The molecule has 0 saturated heterocycles. The first kappa shape index (κ1) is 68.4. The predicted molar refractivity (Wildman–Crippen MR) is 301 cm³/mol. The largest absolute Gasteiger partial charge is 0.508 e. The molecule has 0 aliphatic carbocycles. The number of amidine groups is 1. The molecule has 31 heteroatoms. The van der Waals surface area contributed by atoms with Gasteiger partial charge in [-0.3, -0.25) is 4.99 Å². The van der Waals surface area contributed by atoms with Crippen molar-refractivity contribution in [2.75, 3.05) is 53.7 Å². The number of hydrogen-bond donors (Lipinski definition) is 21. The highest BCUT2D eigenvalue weighted by molar-refractivity contribution is 14.1. The zero-order valence-electron chi connectivity index (χ0n) is 40.5. The number of phenolic OH excluding ortho intramolecular Hbond substituents is 6. The lowest BCUT2D eigenvalue weighted by atomic mass is 10.2. The highest BCUT2D eigenvalue weighted by Gasteiger charge is 2.14. The van der Waals surface area contributed by atoms with Crippen LogP contribution >= 0.6 is 46.6 Å². The summed E-state index contributed by atoms with van der Waals surface area (Å²) in [5, 5.41) is 124. The van der Waals surface area contributed by atoms with Crippen LogP contribution < -0.4 is 44.6 Å². The number of nitrogens with one attached hydrogen (secondary N) is 3. The second-order valence-electron chi connectivity index (χ2n) is 14.5. The number of guanidine groups is 1. The van der Waals surface area contributed by atoms with E-state index in [0.29, 0.717) is 34.7 Å². The van der Waals surface area contributed by atoms with Gasteiger partial charge in [-0.25, -0.2) is 29.0 Å². The molecular weight excluding hydrogens is 1170 g/mol. The maximum atomic E-state index is 10.8. The Morgan fingerprint density at radius 2 is 1.03 bits per heavy atom. The molecule has 5 aromatic rings. The molecule has 1 heterocycles. The third kappa shape index (κ3) is 29.2. The number of thioether (sulfide) groups is 1. The minimum atomic E-state index is -1.18. The molecule has 0 aromatic heterocycles. The van der Waals surface area contributed by atoms with Crippen LogP contribution in [-0.2, 0) is 0 Å². The van der Waals surface area contributed by atoms with Crippen molar-refractivity contribution in [2.24, 2.45) is 32.9 Å². The molecule has 28 nitrogen and oxygen atoms in total. The van der Waals surface area contributed by atoms with Crippen LogP contribution in [0.3, 0.4) is 0 Å². The van der Waals surface area contributed by atoms with Crippen LogP contribution in [0.5, 0.6) is 34.5 Å². The van der Waals surface area contributed by atoms with E-state index >= 15 is 0 Å². The molecule has 0 spiro atoms. The Balaban J connectivity index is 0.000000914. The third-order valence-electron chi connectivity index (χ3n) is 8.30. The summed E-state index contributed by atoms with van der Waals surface area (Å²) < 4.78 is 0. The molecule has 26 N–H and O–H groups in total. The van der Waals surface area contributed by atoms with E-state index in [2.05, 4.69) is 60.7 Å². The van der Waals surface area contributed by atoms with Gasteiger partial charge in [0.15, 0.2) is 16.2 Å². The van der Waals surface area contributed by atoms with Gasteiger partial charge in [0.25, 0.3) is 0 Å². The van der Waals surface area contributed by atoms with Crippen molar-refractivity contribution >= 4 is 115 Å². The Hall–Kier alpha value is -8.60. The number of aliphatic hydroxyl groups excluding tert-OH is 2. The van der Waals surface area contributed by atoms with E-state index in [4.69, 9.17) is 79.7 Å². The first-order valence-electron chi connectivity index (χ1n) is 21.0. The van der Waals surface area contributed by atoms with E-state index in [9.17, 15) is 39.3 Å². The molecule has 5 aromatic carbocycles. The SMILES string of the molecule is CI.CSC(N)=Nc1cc(O)cc(C(=O)O)c1.NC(=S)Nc1cc(O)cc(C(=O)O)c1.NCC(O)CN.Nc1cc(O)cc(C(=O)O)c1.O=C(O)c1cc(O)cc(NC2=NCC(O)CN2)c1.O=C(O)c1cc(O)cc(O)c1. The maximum absolute atomic E-state index is 10.8. The van der Waals surface area contributed by atoms with Gasteiger partial charge >= 0.3 is 29.8 Å². The number of aliphatic hydroxyl groups is 2. The quantitative estimate of drug-likeness (QED) is 0.0239. The summed E-state index contributed by atoms with van der Waals surface area (Å²) in [4.78, 5) is 62.6. The molecule has 1 atom stereocenters. The van der Waals surface area contributed by atoms with Crippen molar-refractivity contribution in [3.05, 3.63) is 119 Å². The summed E-state index contributed by atoms with van der Waals surface area (Å²) >= 11 is 7.96. The molecule has 0 fully saturated rings. The zero-order valence-corrected chi connectivity index (χ0v) is 44.3. The lowest BCUT2D eigenvalue weighted by Gasteiger charge is -2.20. The number of carboxylic acids is 5. The molecule has 418 valence electrons. The Morgan fingerprint density at radius 3 is 1.40 bits per heavy atom. The molecule has 0 radical (unpaired) electrons. The molecule has 6 rings (SSSR count). The van der Waals surface area contributed by atoms with Crippen LogP contribution in [0.15, 0.2) is 101 Å². The van der Waals surface area contributed by atoms with E-state index in [-0.39, 0.29) is 92.7 Å². The average molecular weight is 1230 g/mol. The zero-order chi connectivity index (χ0) is 59.1.